The van der Waals surface area contributed by atoms with Crippen LogP contribution in [0.1, 0.15) is 33.0 Å². The lowest BCUT2D eigenvalue weighted by atomic mass is 9.89. The Hall–Kier alpha value is -1.82. The number of benzene rings is 1. The molecule has 0 atom stereocenters. The third-order valence-corrected chi connectivity index (χ3v) is 4.38. The number of aliphatic carboxylic acids is 1. The van der Waals surface area contributed by atoms with Crippen molar-refractivity contribution in [3.8, 4) is 5.69 Å². The van der Waals surface area contributed by atoms with Gasteiger partial charge in [0.2, 0.25) is 0 Å². The number of nitrogens with zero attached hydrogens (tertiary/aromatic N) is 3. The largest absolute Gasteiger partial charge is 0.481 e. The van der Waals surface area contributed by atoms with Gasteiger partial charge in [0, 0.05) is 11.1 Å². The Morgan fingerprint density at radius 3 is 2.52 bits per heavy atom. The number of para-hydroxylation sites is 1. The van der Waals surface area contributed by atoms with E-state index < -0.39 is 5.97 Å². The first kappa shape index (κ1) is 15.6. The van der Waals surface area contributed by atoms with Gasteiger partial charge in [-0.3, -0.25) is 9.36 Å². The molecule has 0 aliphatic carbocycles. The molecule has 0 fully saturated rings. The fraction of sp³-hybridized carbons (Fsp3) is 0.400. The van der Waals surface area contributed by atoms with Crippen LogP contribution in [0.3, 0.4) is 0 Å². The second kappa shape index (κ2) is 6.30. The van der Waals surface area contributed by atoms with Crippen molar-refractivity contribution in [1.29, 1.82) is 0 Å². The molecule has 1 aromatic carbocycles. The highest BCUT2D eigenvalue weighted by Crippen LogP contribution is 2.31. The van der Waals surface area contributed by atoms with Crippen LogP contribution in [0, 0.1) is 0 Å². The zero-order valence-corrected chi connectivity index (χ0v) is 13.2. The van der Waals surface area contributed by atoms with Gasteiger partial charge >= 0.3 is 5.97 Å². The summed E-state index contributed by atoms with van der Waals surface area (Å²) in [5.74, 6) is -0.0413. The average molecular weight is 305 g/mol. The molecule has 21 heavy (non-hydrogen) atoms. The molecule has 0 bridgehead atoms. The van der Waals surface area contributed by atoms with Gasteiger partial charge in [-0.25, -0.2) is 0 Å². The molecule has 5 nitrogen and oxygen atoms in total. The fourth-order valence-electron chi connectivity index (χ4n) is 1.90. The summed E-state index contributed by atoms with van der Waals surface area (Å²) in [7, 11) is 0. The third-order valence-electron chi connectivity index (χ3n) is 3.46. The number of hydrogen-bond donors (Lipinski definition) is 1. The normalized spacial score (nSPS) is 11.6. The zero-order chi connectivity index (χ0) is 15.5. The second-order valence-corrected chi connectivity index (χ2v) is 6.34. The highest BCUT2D eigenvalue weighted by atomic mass is 32.2. The molecule has 0 spiro atoms. The molecule has 6 heteroatoms. The summed E-state index contributed by atoms with van der Waals surface area (Å²) in [6.45, 7) is 6.33. The van der Waals surface area contributed by atoms with Gasteiger partial charge < -0.3 is 5.11 Å². The van der Waals surface area contributed by atoms with E-state index in [9.17, 15) is 4.79 Å². The Morgan fingerprint density at radius 1 is 1.29 bits per heavy atom. The van der Waals surface area contributed by atoms with Crippen LogP contribution < -0.4 is 0 Å². The van der Waals surface area contributed by atoms with Crippen LogP contribution in [0.5, 0.6) is 0 Å². The van der Waals surface area contributed by atoms with E-state index in [1.54, 1.807) is 0 Å². The molecule has 1 heterocycles. The molecule has 2 aromatic rings. The highest BCUT2D eigenvalue weighted by Gasteiger charge is 2.27. The van der Waals surface area contributed by atoms with E-state index in [0.29, 0.717) is 5.16 Å². The molecular weight excluding hydrogens is 286 g/mol. The minimum atomic E-state index is -0.862. The number of carboxylic acids is 1. The van der Waals surface area contributed by atoms with Crippen molar-refractivity contribution in [1.82, 2.24) is 14.8 Å². The topological polar surface area (TPSA) is 68.0 Å². The Bertz CT molecular complexity index is 623. The summed E-state index contributed by atoms with van der Waals surface area (Å²) in [6, 6.07) is 9.79. The molecule has 0 aliphatic heterocycles. The van der Waals surface area contributed by atoms with Gasteiger partial charge in [0.15, 0.2) is 5.16 Å². The average Bonchev–Trinajstić information content (AvgIpc) is 2.90. The maximum Gasteiger partial charge on any atom is 0.313 e. The summed E-state index contributed by atoms with van der Waals surface area (Å²) >= 11 is 1.19. The number of carbonyl (C=O) groups is 1. The second-order valence-electron chi connectivity index (χ2n) is 5.40. The molecule has 2 rings (SSSR count). The maximum atomic E-state index is 10.8. The lowest BCUT2D eigenvalue weighted by molar-refractivity contribution is -0.133. The quantitative estimate of drug-likeness (QED) is 0.830. The number of carboxylic acid groups (broad SMARTS) is 1. The van der Waals surface area contributed by atoms with Gasteiger partial charge in [0.1, 0.15) is 5.82 Å². The number of aromatic nitrogens is 3. The maximum absolute atomic E-state index is 10.8. The summed E-state index contributed by atoms with van der Waals surface area (Å²) in [5.41, 5.74) is 0.817. The Labute approximate surface area is 128 Å². The van der Waals surface area contributed by atoms with Gasteiger partial charge in [0.25, 0.3) is 0 Å². The monoisotopic (exact) mass is 305 g/mol. The van der Waals surface area contributed by atoms with Crippen molar-refractivity contribution < 1.29 is 9.90 Å². The first-order valence-electron chi connectivity index (χ1n) is 6.81. The van der Waals surface area contributed by atoms with Crippen molar-refractivity contribution in [2.45, 2.75) is 37.8 Å². The SMILES string of the molecule is CCC(C)(C)c1nnc(SCC(=O)O)n1-c1ccccc1. The summed E-state index contributed by atoms with van der Waals surface area (Å²) in [4.78, 5) is 10.8. The number of rotatable bonds is 6. The van der Waals surface area contributed by atoms with Crippen molar-refractivity contribution >= 4 is 17.7 Å². The lowest BCUT2D eigenvalue weighted by Crippen LogP contribution is -2.21. The van der Waals surface area contributed by atoms with E-state index in [0.717, 1.165) is 17.9 Å². The summed E-state index contributed by atoms with van der Waals surface area (Å²) in [5, 5.41) is 18.0. The van der Waals surface area contributed by atoms with Crippen LogP contribution >= 0.6 is 11.8 Å². The van der Waals surface area contributed by atoms with Gasteiger partial charge in [-0.05, 0) is 18.6 Å². The molecule has 0 aliphatic rings. The Morgan fingerprint density at radius 2 is 1.95 bits per heavy atom. The zero-order valence-electron chi connectivity index (χ0n) is 12.4. The summed E-state index contributed by atoms with van der Waals surface area (Å²) < 4.78 is 1.96. The number of thioether (sulfide) groups is 1. The lowest BCUT2D eigenvalue weighted by Gasteiger charge is -2.23. The molecule has 1 aromatic heterocycles. The van der Waals surface area contributed by atoms with Crippen LogP contribution in [0.15, 0.2) is 35.5 Å². The van der Waals surface area contributed by atoms with E-state index in [-0.39, 0.29) is 11.2 Å². The molecule has 112 valence electrons. The van der Waals surface area contributed by atoms with Crippen molar-refractivity contribution in [3.05, 3.63) is 36.2 Å². The molecule has 1 N–H and O–H groups in total. The molecular formula is C15H19N3O2S. The predicted molar refractivity (Wildman–Crippen MR) is 83.0 cm³/mol. The standard InChI is InChI=1S/C15H19N3O2S/c1-4-15(2,3)13-16-17-14(21-10-12(19)20)18(13)11-8-6-5-7-9-11/h5-9H,4,10H2,1-3H3,(H,19,20). The minimum absolute atomic E-state index is 0.0302. The first-order valence-corrected chi connectivity index (χ1v) is 7.80. The minimum Gasteiger partial charge on any atom is -0.481 e. The number of hydrogen-bond acceptors (Lipinski definition) is 4. The molecule has 0 radical (unpaired) electrons. The van der Waals surface area contributed by atoms with Crippen LogP contribution in [-0.4, -0.2) is 31.6 Å². The highest BCUT2D eigenvalue weighted by molar-refractivity contribution is 7.99. The van der Waals surface area contributed by atoms with Crippen LogP contribution in [0.2, 0.25) is 0 Å². The van der Waals surface area contributed by atoms with E-state index in [4.69, 9.17) is 5.11 Å². The smallest absolute Gasteiger partial charge is 0.313 e. The van der Waals surface area contributed by atoms with Crippen molar-refractivity contribution in [3.63, 3.8) is 0 Å². The predicted octanol–water partition coefficient (Wildman–Crippen LogP) is 3.13. The van der Waals surface area contributed by atoms with Gasteiger partial charge in [-0.15, -0.1) is 10.2 Å². The van der Waals surface area contributed by atoms with E-state index in [1.165, 1.54) is 11.8 Å². The van der Waals surface area contributed by atoms with Crippen LogP contribution in [0.4, 0.5) is 0 Å². The third kappa shape index (κ3) is 3.44. The molecule has 0 saturated heterocycles. The Balaban J connectivity index is 2.50. The van der Waals surface area contributed by atoms with Crippen molar-refractivity contribution in [2.24, 2.45) is 0 Å². The summed E-state index contributed by atoms with van der Waals surface area (Å²) in [6.07, 6.45) is 0.918. The molecule has 0 unspecified atom stereocenters. The van der Waals surface area contributed by atoms with Gasteiger partial charge in [-0.2, -0.15) is 0 Å². The molecule has 0 saturated carbocycles. The van der Waals surface area contributed by atoms with Crippen LogP contribution in [0.25, 0.3) is 5.69 Å². The van der Waals surface area contributed by atoms with E-state index in [1.807, 2.05) is 34.9 Å². The van der Waals surface area contributed by atoms with E-state index >= 15 is 0 Å². The van der Waals surface area contributed by atoms with Crippen molar-refractivity contribution in [2.75, 3.05) is 5.75 Å². The first-order chi connectivity index (χ1) is 9.95. The van der Waals surface area contributed by atoms with Gasteiger partial charge in [-0.1, -0.05) is 50.7 Å². The van der Waals surface area contributed by atoms with Crippen LogP contribution in [-0.2, 0) is 10.2 Å². The van der Waals surface area contributed by atoms with E-state index in [2.05, 4.69) is 31.0 Å². The molecule has 0 amide bonds. The fourth-order valence-corrected chi connectivity index (χ4v) is 2.57. The Kier molecular flexibility index (Phi) is 4.67. The van der Waals surface area contributed by atoms with Gasteiger partial charge in [0.05, 0.1) is 5.75 Å².